The summed E-state index contributed by atoms with van der Waals surface area (Å²) in [6.45, 7) is 5.49. The predicted molar refractivity (Wildman–Crippen MR) is 102 cm³/mol. The number of esters is 2. The van der Waals surface area contributed by atoms with Crippen molar-refractivity contribution in [3.05, 3.63) is 62.0 Å². The molecule has 0 fully saturated rings. The lowest BCUT2D eigenvalue weighted by Crippen LogP contribution is -2.33. The van der Waals surface area contributed by atoms with Crippen LogP contribution in [0.25, 0.3) is 0 Å². The molecule has 1 aromatic carbocycles. The lowest BCUT2D eigenvalue weighted by atomic mass is 9.78. The smallest absolute Gasteiger partial charge is 0.336 e. The third-order valence-electron chi connectivity index (χ3n) is 4.74. The lowest BCUT2D eigenvalue weighted by Gasteiger charge is -2.31. The fourth-order valence-electron chi connectivity index (χ4n) is 3.45. The van der Waals surface area contributed by atoms with E-state index < -0.39 is 22.8 Å². The molecular weight excluding hydrogens is 364 g/mol. The zero-order chi connectivity index (χ0) is 21.0. The summed E-state index contributed by atoms with van der Waals surface area (Å²) in [4.78, 5) is 36.5. The van der Waals surface area contributed by atoms with Crippen LogP contribution in [-0.4, -0.2) is 31.1 Å². The van der Waals surface area contributed by atoms with Gasteiger partial charge in [0.25, 0.3) is 5.69 Å². The van der Waals surface area contributed by atoms with Crippen molar-refractivity contribution in [1.82, 2.24) is 5.32 Å². The number of hydrogen-bond donors (Lipinski definition) is 1. The van der Waals surface area contributed by atoms with Crippen molar-refractivity contribution in [2.24, 2.45) is 0 Å². The third kappa shape index (κ3) is 3.76. The van der Waals surface area contributed by atoms with Crippen LogP contribution in [0.3, 0.4) is 0 Å². The van der Waals surface area contributed by atoms with Gasteiger partial charge in [0, 0.05) is 23.0 Å². The van der Waals surface area contributed by atoms with Crippen molar-refractivity contribution in [1.29, 1.82) is 0 Å². The maximum atomic E-state index is 12.7. The molecule has 8 heteroatoms. The van der Waals surface area contributed by atoms with E-state index >= 15 is 0 Å². The number of aryl methyl sites for hydroxylation is 1. The summed E-state index contributed by atoms with van der Waals surface area (Å²) >= 11 is 0. The van der Waals surface area contributed by atoms with Gasteiger partial charge in [-0.1, -0.05) is 25.5 Å². The first kappa shape index (κ1) is 21.1. The Morgan fingerprint density at radius 3 is 1.96 bits per heavy atom. The van der Waals surface area contributed by atoms with Crippen LogP contribution in [0.4, 0.5) is 5.69 Å². The molecule has 2 rings (SSSR count). The first-order chi connectivity index (χ1) is 13.3. The molecule has 0 aliphatic carbocycles. The zero-order valence-electron chi connectivity index (χ0n) is 16.6. The summed E-state index contributed by atoms with van der Waals surface area (Å²) in [7, 11) is 2.47. The maximum Gasteiger partial charge on any atom is 0.336 e. The molecule has 28 heavy (non-hydrogen) atoms. The Morgan fingerprint density at radius 2 is 1.57 bits per heavy atom. The van der Waals surface area contributed by atoms with E-state index in [1.165, 1.54) is 20.3 Å². The summed E-state index contributed by atoms with van der Waals surface area (Å²) in [5.74, 6) is -2.27. The minimum atomic E-state index is -0.966. The highest BCUT2D eigenvalue weighted by molar-refractivity contribution is 6.00. The molecule has 1 heterocycles. The molecule has 0 aromatic heterocycles. The number of allylic oxidation sites excluding steroid dienone is 2. The minimum absolute atomic E-state index is 0.175. The Morgan fingerprint density at radius 1 is 1.07 bits per heavy atom. The van der Waals surface area contributed by atoms with Crippen molar-refractivity contribution in [2.75, 3.05) is 14.2 Å². The van der Waals surface area contributed by atoms with Crippen LogP contribution in [-0.2, 0) is 19.1 Å². The zero-order valence-corrected chi connectivity index (χ0v) is 16.6. The first-order valence-corrected chi connectivity index (χ1v) is 8.95. The predicted octanol–water partition coefficient (Wildman–Crippen LogP) is 3.26. The second-order valence-electron chi connectivity index (χ2n) is 6.35. The van der Waals surface area contributed by atoms with Gasteiger partial charge in [0.2, 0.25) is 0 Å². The van der Waals surface area contributed by atoms with Gasteiger partial charge in [-0.3, -0.25) is 10.1 Å². The summed E-state index contributed by atoms with van der Waals surface area (Å²) < 4.78 is 9.91. The minimum Gasteiger partial charge on any atom is -0.466 e. The Balaban J connectivity index is 2.93. The van der Waals surface area contributed by atoms with E-state index in [4.69, 9.17) is 9.47 Å². The molecule has 8 nitrogen and oxygen atoms in total. The monoisotopic (exact) mass is 388 g/mol. The number of ether oxygens (including phenoxy) is 2. The number of carbonyl (C=O) groups is 2. The fraction of sp³-hybridized carbons (Fsp3) is 0.400. The number of methoxy groups -OCH3 is 2. The average molecular weight is 388 g/mol. The van der Waals surface area contributed by atoms with Crippen LogP contribution < -0.4 is 5.32 Å². The lowest BCUT2D eigenvalue weighted by molar-refractivity contribution is -0.385. The summed E-state index contributed by atoms with van der Waals surface area (Å²) in [5, 5.41) is 14.8. The van der Waals surface area contributed by atoms with E-state index in [0.717, 1.165) is 5.56 Å². The molecule has 0 spiro atoms. The first-order valence-electron chi connectivity index (χ1n) is 8.95. The molecule has 1 aliphatic heterocycles. The number of nitro benzene ring substituents is 1. The standard InChI is InChI=1S/C20H24N2O6/c1-6-13-17(19(23)27-4)16(18(20(24)28-5)14(7-2)21-13)12-10-11(3)8-9-15(12)22(25)26/h8-10,16,21H,6-7H2,1-5H3. The number of rotatable bonds is 6. The van der Waals surface area contributed by atoms with E-state index in [1.54, 1.807) is 19.1 Å². The van der Waals surface area contributed by atoms with Crippen molar-refractivity contribution in [3.8, 4) is 0 Å². The maximum absolute atomic E-state index is 12.7. The van der Waals surface area contributed by atoms with Crippen LogP contribution in [0.2, 0.25) is 0 Å². The average Bonchev–Trinajstić information content (AvgIpc) is 2.70. The quantitative estimate of drug-likeness (QED) is 0.453. The van der Waals surface area contributed by atoms with Crippen LogP contribution in [0.15, 0.2) is 40.7 Å². The number of benzene rings is 1. The highest BCUT2D eigenvalue weighted by Gasteiger charge is 2.41. The van der Waals surface area contributed by atoms with Gasteiger partial charge < -0.3 is 14.8 Å². The number of nitrogens with zero attached hydrogens (tertiary/aromatic N) is 1. The number of hydrogen-bond acceptors (Lipinski definition) is 7. The molecule has 0 saturated heterocycles. The van der Waals surface area contributed by atoms with Crippen LogP contribution >= 0.6 is 0 Å². The Kier molecular flexibility index (Phi) is 6.56. The van der Waals surface area contributed by atoms with Gasteiger partial charge in [-0.05, 0) is 25.8 Å². The molecule has 1 aliphatic rings. The largest absolute Gasteiger partial charge is 0.466 e. The van der Waals surface area contributed by atoms with E-state index in [2.05, 4.69) is 5.32 Å². The molecule has 1 N–H and O–H groups in total. The Labute approximate surface area is 163 Å². The molecule has 0 radical (unpaired) electrons. The van der Waals surface area contributed by atoms with Gasteiger partial charge in [0.05, 0.1) is 36.2 Å². The fourth-order valence-corrected chi connectivity index (χ4v) is 3.45. The summed E-state index contributed by atoms with van der Waals surface area (Å²) in [6, 6.07) is 4.63. The van der Waals surface area contributed by atoms with E-state index in [-0.39, 0.29) is 22.4 Å². The molecule has 1 aromatic rings. The van der Waals surface area contributed by atoms with Gasteiger partial charge in [-0.15, -0.1) is 0 Å². The molecule has 0 bridgehead atoms. The second-order valence-corrected chi connectivity index (χ2v) is 6.35. The number of carbonyl (C=O) groups excluding carboxylic acids is 2. The second kappa shape index (κ2) is 8.69. The van der Waals surface area contributed by atoms with Gasteiger partial charge in [-0.25, -0.2) is 9.59 Å². The molecular formula is C20H24N2O6. The Hall–Kier alpha value is -3.16. The molecule has 0 atom stereocenters. The van der Waals surface area contributed by atoms with E-state index in [0.29, 0.717) is 24.2 Å². The van der Waals surface area contributed by atoms with Crippen LogP contribution in [0.5, 0.6) is 0 Å². The van der Waals surface area contributed by atoms with Gasteiger partial charge in [0.1, 0.15) is 0 Å². The van der Waals surface area contributed by atoms with Crippen molar-refractivity contribution in [2.45, 2.75) is 39.5 Å². The summed E-state index contributed by atoms with van der Waals surface area (Å²) in [6.07, 6.45) is 0.914. The van der Waals surface area contributed by atoms with E-state index in [1.807, 2.05) is 13.8 Å². The highest BCUT2D eigenvalue weighted by Crippen LogP contribution is 2.43. The molecule has 0 saturated carbocycles. The third-order valence-corrected chi connectivity index (χ3v) is 4.74. The number of nitrogens with one attached hydrogen (secondary N) is 1. The highest BCUT2D eigenvalue weighted by atomic mass is 16.6. The topological polar surface area (TPSA) is 108 Å². The van der Waals surface area contributed by atoms with Crippen molar-refractivity contribution >= 4 is 17.6 Å². The van der Waals surface area contributed by atoms with Gasteiger partial charge >= 0.3 is 11.9 Å². The van der Waals surface area contributed by atoms with Gasteiger partial charge in [0.15, 0.2) is 0 Å². The number of dihydropyridines is 1. The SMILES string of the molecule is CCC1=C(C(=O)OC)C(c2cc(C)ccc2[N+](=O)[O-])C(C(=O)OC)=C(CC)N1. The van der Waals surface area contributed by atoms with Crippen LogP contribution in [0.1, 0.15) is 43.7 Å². The number of nitro groups is 1. The van der Waals surface area contributed by atoms with Crippen molar-refractivity contribution < 1.29 is 24.0 Å². The van der Waals surface area contributed by atoms with Crippen molar-refractivity contribution in [3.63, 3.8) is 0 Å². The normalized spacial score (nSPS) is 14.6. The van der Waals surface area contributed by atoms with Crippen LogP contribution in [0, 0.1) is 17.0 Å². The summed E-state index contributed by atoms with van der Waals surface area (Å²) in [5.41, 5.74) is 2.33. The molecule has 0 unspecified atom stereocenters. The van der Waals surface area contributed by atoms with E-state index in [9.17, 15) is 19.7 Å². The Bertz CT molecular complexity index is 845. The molecule has 0 amide bonds. The van der Waals surface area contributed by atoms with Gasteiger partial charge in [-0.2, -0.15) is 0 Å². The molecule has 150 valence electrons.